The molecule has 6 nitrogen and oxygen atoms in total. The number of hydrogen-bond acceptors (Lipinski definition) is 5. The molecule has 1 aliphatic rings. The quantitative estimate of drug-likeness (QED) is 0.582. The maximum atomic E-state index is 14.9. The van der Waals surface area contributed by atoms with Crippen LogP contribution in [-0.2, 0) is 0 Å². The van der Waals surface area contributed by atoms with Gasteiger partial charge in [0.15, 0.2) is 5.65 Å². The van der Waals surface area contributed by atoms with Gasteiger partial charge < -0.3 is 5.32 Å². The van der Waals surface area contributed by atoms with Gasteiger partial charge in [-0.3, -0.25) is 0 Å². The zero-order valence-electron chi connectivity index (χ0n) is 15.7. The van der Waals surface area contributed by atoms with Crippen LogP contribution < -0.4 is 5.32 Å². The van der Waals surface area contributed by atoms with Gasteiger partial charge in [-0.1, -0.05) is 6.08 Å². The Morgan fingerprint density at radius 1 is 1.07 bits per heavy atom. The van der Waals surface area contributed by atoms with Gasteiger partial charge in [0.2, 0.25) is 0 Å². The number of nitrogens with zero attached hydrogens (tertiary/aromatic N) is 5. The van der Waals surface area contributed by atoms with Gasteiger partial charge >= 0.3 is 0 Å². The van der Waals surface area contributed by atoms with Crippen LogP contribution in [0.4, 0.5) is 4.39 Å². The van der Waals surface area contributed by atoms with Crippen molar-refractivity contribution < 1.29 is 4.39 Å². The molecule has 140 valence electrons. The third-order valence-electron chi connectivity index (χ3n) is 5.08. The number of nitrogens with one attached hydrogen (secondary N) is 1. The van der Waals surface area contributed by atoms with Crippen molar-refractivity contribution in [3.8, 4) is 11.4 Å². The lowest BCUT2D eigenvalue weighted by atomic mass is 9.98. The fraction of sp³-hybridized carbons (Fsp3) is 0.238. The molecule has 0 atom stereocenters. The molecule has 0 amide bonds. The van der Waals surface area contributed by atoms with Gasteiger partial charge in [0, 0.05) is 11.9 Å². The van der Waals surface area contributed by atoms with E-state index in [1.165, 1.54) is 0 Å². The first-order chi connectivity index (χ1) is 13.6. The molecular weight excluding hydrogens is 355 g/mol. The summed E-state index contributed by atoms with van der Waals surface area (Å²) in [7, 11) is 0. The van der Waals surface area contributed by atoms with E-state index in [4.69, 9.17) is 0 Å². The fourth-order valence-electron chi connectivity index (χ4n) is 3.67. The highest BCUT2D eigenvalue weighted by Gasteiger charge is 2.14. The summed E-state index contributed by atoms with van der Waals surface area (Å²) in [5.74, 6) is -0.292. The number of imidazole rings is 1. The summed E-state index contributed by atoms with van der Waals surface area (Å²) < 4.78 is 16.6. The summed E-state index contributed by atoms with van der Waals surface area (Å²) >= 11 is 0. The SMILES string of the molecule is Cc1cn2nc(-c3cc4c(F)cc(C5=CCNCC5)cc4nn3)cc(C)c2n1. The average Bonchev–Trinajstić information content (AvgIpc) is 3.09. The van der Waals surface area contributed by atoms with Crippen molar-refractivity contribution in [3.05, 3.63) is 59.2 Å². The van der Waals surface area contributed by atoms with E-state index in [-0.39, 0.29) is 5.82 Å². The van der Waals surface area contributed by atoms with Crippen LogP contribution in [0.1, 0.15) is 23.2 Å². The van der Waals surface area contributed by atoms with Gasteiger partial charge in [-0.25, -0.2) is 13.9 Å². The maximum Gasteiger partial charge on any atom is 0.156 e. The lowest BCUT2D eigenvalue weighted by molar-refractivity contribution is 0.638. The van der Waals surface area contributed by atoms with Gasteiger partial charge in [0.1, 0.15) is 17.2 Å². The summed E-state index contributed by atoms with van der Waals surface area (Å²) in [5, 5.41) is 16.9. The monoisotopic (exact) mass is 374 g/mol. The molecule has 4 aromatic rings. The van der Waals surface area contributed by atoms with Gasteiger partial charge in [0.05, 0.1) is 17.4 Å². The Morgan fingerprint density at radius 2 is 1.96 bits per heavy atom. The standard InChI is InChI=1S/C21H19FN6/c1-12-7-20(27-28-11-13(2)24-21(12)28)19-10-16-17(22)8-15(9-18(16)25-26-19)14-3-5-23-6-4-14/h3,7-11,23H,4-6H2,1-2H3. The topological polar surface area (TPSA) is 68.0 Å². The fourth-order valence-corrected chi connectivity index (χ4v) is 3.67. The number of benzene rings is 1. The maximum absolute atomic E-state index is 14.9. The molecule has 1 aliphatic heterocycles. The van der Waals surface area contributed by atoms with E-state index in [9.17, 15) is 4.39 Å². The molecule has 0 saturated carbocycles. The molecular formula is C21H19FN6. The smallest absolute Gasteiger partial charge is 0.156 e. The summed E-state index contributed by atoms with van der Waals surface area (Å²) in [4.78, 5) is 4.46. The molecule has 28 heavy (non-hydrogen) atoms. The van der Waals surface area contributed by atoms with E-state index in [1.807, 2.05) is 32.2 Å². The lowest BCUT2D eigenvalue weighted by Gasteiger charge is -2.15. The van der Waals surface area contributed by atoms with Gasteiger partial charge in [-0.2, -0.15) is 5.10 Å². The third kappa shape index (κ3) is 2.84. The van der Waals surface area contributed by atoms with Crippen molar-refractivity contribution in [1.82, 2.24) is 30.1 Å². The van der Waals surface area contributed by atoms with Crippen LogP contribution in [0.5, 0.6) is 0 Å². The first kappa shape index (κ1) is 16.9. The second-order valence-corrected chi connectivity index (χ2v) is 7.17. The average molecular weight is 374 g/mol. The van der Waals surface area contributed by atoms with E-state index >= 15 is 0 Å². The second-order valence-electron chi connectivity index (χ2n) is 7.17. The number of fused-ring (bicyclic) bond motifs is 2. The van der Waals surface area contributed by atoms with E-state index in [1.54, 1.807) is 16.6 Å². The minimum atomic E-state index is -0.292. The molecule has 3 aromatic heterocycles. The van der Waals surface area contributed by atoms with Crippen LogP contribution >= 0.6 is 0 Å². The molecule has 0 unspecified atom stereocenters. The largest absolute Gasteiger partial charge is 0.313 e. The Kier molecular flexibility index (Phi) is 3.91. The zero-order valence-corrected chi connectivity index (χ0v) is 15.7. The highest BCUT2D eigenvalue weighted by atomic mass is 19.1. The zero-order chi connectivity index (χ0) is 19.3. The predicted molar refractivity (Wildman–Crippen MR) is 106 cm³/mol. The summed E-state index contributed by atoms with van der Waals surface area (Å²) in [6.45, 7) is 5.60. The Hall–Kier alpha value is -3.19. The summed E-state index contributed by atoms with van der Waals surface area (Å²) in [6, 6.07) is 7.12. The Labute approximate surface area is 161 Å². The van der Waals surface area contributed by atoms with Crippen LogP contribution in [-0.4, -0.2) is 37.9 Å². The Bertz CT molecular complexity index is 1260. The molecule has 0 saturated heterocycles. The first-order valence-corrected chi connectivity index (χ1v) is 9.29. The number of halogens is 1. The Balaban J connectivity index is 1.62. The van der Waals surface area contributed by atoms with Crippen molar-refractivity contribution in [2.45, 2.75) is 20.3 Å². The minimum absolute atomic E-state index is 0.292. The molecule has 4 heterocycles. The number of aromatic nitrogens is 5. The van der Waals surface area contributed by atoms with Crippen molar-refractivity contribution in [1.29, 1.82) is 0 Å². The normalized spacial score (nSPS) is 14.6. The van der Waals surface area contributed by atoms with E-state index in [0.29, 0.717) is 22.3 Å². The number of rotatable bonds is 2. The molecule has 0 bridgehead atoms. The van der Waals surface area contributed by atoms with Crippen LogP contribution in [0, 0.1) is 19.7 Å². The van der Waals surface area contributed by atoms with Crippen molar-refractivity contribution in [3.63, 3.8) is 0 Å². The molecule has 1 aromatic carbocycles. The van der Waals surface area contributed by atoms with Crippen molar-refractivity contribution in [2.24, 2.45) is 0 Å². The van der Waals surface area contributed by atoms with E-state index in [0.717, 1.165) is 47.6 Å². The van der Waals surface area contributed by atoms with Gasteiger partial charge in [-0.15, -0.1) is 10.2 Å². The first-order valence-electron chi connectivity index (χ1n) is 9.29. The van der Waals surface area contributed by atoms with Crippen LogP contribution in [0.3, 0.4) is 0 Å². The highest BCUT2D eigenvalue weighted by Crippen LogP contribution is 2.28. The highest BCUT2D eigenvalue weighted by molar-refractivity contribution is 5.86. The van der Waals surface area contributed by atoms with Crippen LogP contribution in [0.2, 0.25) is 0 Å². The summed E-state index contributed by atoms with van der Waals surface area (Å²) in [6.07, 6.45) is 4.84. The Morgan fingerprint density at radius 3 is 2.79 bits per heavy atom. The molecule has 0 fully saturated rings. The molecule has 7 heteroatoms. The minimum Gasteiger partial charge on any atom is -0.313 e. The van der Waals surface area contributed by atoms with Gasteiger partial charge in [-0.05, 0) is 67.8 Å². The predicted octanol–water partition coefficient (Wildman–Crippen LogP) is 3.47. The molecule has 5 rings (SSSR count). The van der Waals surface area contributed by atoms with Crippen LogP contribution in [0.25, 0.3) is 33.5 Å². The molecule has 1 N–H and O–H groups in total. The van der Waals surface area contributed by atoms with E-state index < -0.39 is 0 Å². The molecule has 0 aliphatic carbocycles. The number of hydrogen-bond donors (Lipinski definition) is 1. The van der Waals surface area contributed by atoms with Crippen LogP contribution in [0.15, 0.2) is 36.5 Å². The van der Waals surface area contributed by atoms with Crippen molar-refractivity contribution in [2.75, 3.05) is 13.1 Å². The van der Waals surface area contributed by atoms with Crippen molar-refractivity contribution >= 4 is 22.1 Å². The van der Waals surface area contributed by atoms with Gasteiger partial charge in [0.25, 0.3) is 0 Å². The van der Waals surface area contributed by atoms with E-state index in [2.05, 4.69) is 31.7 Å². The lowest BCUT2D eigenvalue weighted by Crippen LogP contribution is -2.20. The number of aryl methyl sites for hydroxylation is 2. The molecule has 0 radical (unpaired) electrons. The molecule has 0 spiro atoms. The third-order valence-corrected chi connectivity index (χ3v) is 5.08. The second kappa shape index (κ2) is 6.45. The summed E-state index contributed by atoms with van der Waals surface area (Å²) in [5.41, 5.74) is 6.42.